The molecule has 0 saturated carbocycles. The van der Waals surface area contributed by atoms with E-state index in [0.29, 0.717) is 6.54 Å². The topological polar surface area (TPSA) is 56.7 Å². The zero-order chi connectivity index (χ0) is 11.7. The number of hydrogen-bond donors (Lipinski definition) is 1. The SMILES string of the molecule is Cc1nn(-c2ccc(CN)nc2)c(C)c1C. The molecule has 2 aromatic rings. The van der Waals surface area contributed by atoms with Gasteiger partial charge in [-0.25, -0.2) is 4.68 Å². The monoisotopic (exact) mass is 216 g/mol. The Kier molecular flexibility index (Phi) is 2.75. The third-order valence-electron chi connectivity index (χ3n) is 2.92. The molecule has 4 heteroatoms. The van der Waals surface area contributed by atoms with E-state index >= 15 is 0 Å². The van der Waals surface area contributed by atoms with Crippen molar-refractivity contribution in [2.75, 3.05) is 0 Å². The molecule has 0 spiro atoms. The van der Waals surface area contributed by atoms with Gasteiger partial charge in [-0.2, -0.15) is 5.10 Å². The average Bonchev–Trinajstić information content (AvgIpc) is 2.57. The molecular formula is C12H16N4. The summed E-state index contributed by atoms with van der Waals surface area (Å²) >= 11 is 0. The van der Waals surface area contributed by atoms with E-state index in [1.165, 1.54) is 5.56 Å². The number of nitrogens with zero attached hydrogens (tertiary/aromatic N) is 3. The quantitative estimate of drug-likeness (QED) is 0.830. The number of rotatable bonds is 2. The van der Waals surface area contributed by atoms with Crippen molar-refractivity contribution in [3.63, 3.8) is 0 Å². The predicted molar refractivity (Wildman–Crippen MR) is 63.5 cm³/mol. The molecule has 0 saturated heterocycles. The molecule has 0 atom stereocenters. The van der Waals surface area contributed by atoms with Crippen LogP contribution in [0.3, 0.4) is 0 Å². The molecular weight excluding hydrogens is 200 g/mol. The minimum Gasteiger partial charge on any atom is -0.325 e. The molecule has 0 unspecified atom stereocenters. The second kappa shape index (κ2) is 4.06. The second-order valence-electron chi connectivity index (χ2n) is 3.92. The zero-order valence-corrected chi connectivity index (χ0v) is 9.86. The first-order chi connectivity index (χ1) is 7.63. The Bertz CT molecular complexity index is 496. The van der Waals surface area contributed by atoms with Crippen molar-refractivity contribution in [3.05, 3.63) is 41.0 Å². The van der Waals surface area contributed by atoms with E-state index in [1.54, 1.807) is 6.20 Å². The lowest BCUT2D eigenvalue weighted by Gasteiger charge is -2.04. The summed E-state index contributed by atoms with van der Waals surface area (Å²) in [6, 6.07) is 3.93. The van der Waals surface area contributed by atoms with Gasteiger partial charge in [0.15, 0.2) is 0 Å². The van der Waals surface area contributed by atoms with Crippen molar-refractivity contribution in [2.24, 2.45) is 5.73 Å². The third kappa shape index (κ3) is 1.72. The summed E-state index contributed by atoms with van der Waals surface area (Å²) in [6.07, 6.45) is 1.81. The van der Waals surface area contributed by atoms with Gasteiger partial charge in [0.2, 0.25) is 0 Å². The number of hydrogen-bond acceptors (Lipinski definition) is 3. The van der Waals surface area contributed by atoms with Gasteiger partial charge in [-0.1, -0.05) is 0 Å². The van der Waals surface area contributed by atoms with Gasteiger partial charge in [-0.15, -0.1) is 0 Å². The first-order valence-corrected chi connectivity index (χ1v) is 5.31. The van der Waals surface area contributed by atoms with E-state index in [9.17, 15) is 0 Å². The minimum atomic E-state index is 0.469. The molecule has 16 heavy (non-hydrogen) atoms. The van der Waals surface area contributed by atoms with Gasteiger partial charge in [-0.3, -0.25) is 4.98 Å². The lowest BCUT2D eigenvalue weighted by atomic mass is 10.2. The molecule has 84 valence electrons. The van der Waals surface area contributed by atoms with Crippen LogP contribution in [0.1, 0.15) is 22.6 Å². The van der Waals surface area contributed by atoms with Gasteiger partial charge < -0.3 is 5.73 Å². The highest BCUT2D eigenvalue weighted by atomic mass is 15.3. The summed E-state index contributed by atoms with van der Waals surface area (Å²) in [5, 5.41) is 4.48. The highest BCUT2D eigenvalue weighted by Gasteiger charge is 2.08. The third-order valence-corrected chi connectivity index (χ3v) is 2.92. The Morgan fingerprint density at radius 3 is 2.44 bits per heavy atom. The number of pyridine rings is 1. The number of aryl methyl sites for hydroxylation is 1. The van der Waals surface area contributed by atoms with Crippen molar-refractivity contribution < 1.29 is 0 Å². The maximum Gasteiger partial charge on any atom is 0.0832 e. The maximum atomic E-state index is 5.51. The molecule has 4 nitrogen and oxygen atoms in total. The summed E-state index contributed by atoms with van der Waals surface area (Å²) in [5.41, 5.74) is 10.8. The van der Waals surface area contributed by atoms with Gasteiger partial charge in [0.25, 0.3) is 0 Å². The normalized spacial score (nSPS) is 10.8. The zero-order valence-electron chi connectivity index (χ0n) is 9.86. The molecule has 0 aliphatic heterocycles. The van der Waals surface area contributed by atoms with E-state index in [-0.39, 0.29) is 0 Å². The Morgan fingerprint density at radius 1 is 1.25 bits per heavy atom. The van der Waals surface area contributed by atoms with Crippen LogP contribution in [0.2, 0.25) is 0 Å². The lowest BCUT2D eigenvalue weighted by Crippen LogP contribution is -2.03. The summed E-state index contributed by atoms with van der Waals surface area (Å²) in [6.45, 7) is 6.62. The number of aromatic nitrogens is 3. The van der Waals surface area contributed by atoms with Crippen LogP contribution in [0.15, 0.2) is 18.3 Å². The van der Waals surface area contributed by atoms with Crippen molar-refractivity contribution in [1.82, 2.24) is 14.8 Å². The summed E-state index contributed by atoms with van der Waals surface area (Å²) in [7, 11) is 0. The molecule has 0 radical (unpaired) electrons. The van der Waals surface area contributed by atoms with E-state index in [4.69, 9.17) is 5.73 Å². The highest BCUT2D eigenvalue weighted by molar-refractivity contribution is 5.35. The predicted octanol–water partition coefficient (Wildman–Crippen LogP) is 1.65. The molecule has 0 bridgehead atoms. The van der Waals surface area contributed by atoms with Crippen LogP contribution in [-0.2, 0) is 6.54 Å². The molecule has 2 aromatic heterocycles. The van der Waals surface area contributed by atoms with Crippen LogP contribution in [0.25, 0.3) is 5.69 Å². The van der Waals surface area contributed by atoms with E-state index in [1.807, 2.05) is 23.7 Å². The molecule has 0 amide bonds. The molecule has 2 N–H and O–H groups in total. The summed E-state index contributed by atoms with van der Waals surface area (Å²) in [4.78, 5) is 4.27. The fourth-order valence-electron chi connectivity index (χ4n) is 1.63. The van der Waals surface area contributed by atoms with Gasteiger partial charge in [0.05, 0.1) is 23.3 Å². The van der Waals surface area contributed by atoms with E-state index < -0.39 is 0 Å². The van der Waals surface area contributed by atoms with Gasteiger partial charge >= 0.3 is 0 Å². The molecule has 2 rings (SSSR count). The van der Waals surface area contributed by atoms with Crippen LogP contribution >= 0.6 is 0 Å². The largest absolute Gasteiger partial charge is 0.325 e. The molecule has 0 fully saturated rings. The molecule has 0 aliphatic rings. The molecule has 0 aromatic carbocycles. The number of nitrogens with two attached hydrogens (primary N) is 1. The Hall–Kier alpha value is -1.68. The standard InChI is InChI=1S/C12H16N4/c1-8-9(2)15-16(10(8)3)12-5-4-11(6-13)14-7-12/h4-5,7H,6,13H2,1-3H3. The van der Waals surface area contributed by atoms with Crippen LogP contribution in [0.4, 0.5) is 0 Å². The van der Waals surface area contributed by atoms with Crippen molar-refractivity contribution in [3.8, 4) is 5.69 Å². The Balaban J connectivity index is 2.46. The minimum absolute atomic E-state index is 0.469. The first kappa shape index (κ1) is 10.8. The smallest absolute Gasteiger partial charge is 0.0832 e. The molecule has 2 heterocycles. The summed E-state index contributed by atoms with van der Waals surface area (Å²) < 4.78 is 1.91. The van der Waals surface area contributed by atoms with Crippen molar-refractivity contribution in [2.45, 2.75) is 27.3 Å². The highest BCUT2D eigenvalue weighted by Crippen LogP contribution is 2.16. The van der Waals surface area contributed by atoms with Gasteiger partial charge in [-0.05, 0) is 38.5 Å². The first-order valence-electron chi connectivity index (χ1n) is 5.31. The fraction of sp³-hybridized carbons (Fsp3) is 0.333. The van der Waals surface area contributed by atoms with Crippen LogP contribution in [0.5, 0.6) is 0 Å². The van der Waals surface area contributed by atoms with E-state index in [2.05, 4.69) is 23.9 Å². The van der Waals surface area contributed by atoms with Crippen molar-refractivity contribution in [1.29, 1.82) is 0 Å². The molecule has 0 aliphatic carbocycles. The summed E-state index contributed by atoms with van der Waals surface area (Å²) in [5.74, 6) is 0. The Labute approximate surface area is 95.1 Å². The van der Waals surface area contributed by atoms with Crippen LogP contribution < -0.4 is 5.73 Å². The maximum absolute atomic E-state index is 5.51. The Morgan fingerprint density at radius 2 is 2.00 bits per heavy atom. The van der Waals surface area contributed by atoms with Crippen LogP contribution in [-0.4, -0.2) is 14.8 Å². The lowest BCUT2D eigenvalue weighted by molar-refractivity contribution is 0.823. The van der Waals surface area contributed by atoms with Crippen molar-refractivity contribution >= 4 is 0 Å². The van der Waals surface area contributed by atoms with Gasteiger partial charge in [0, 0.05) is 12.2 Å². The van der Waals surface area contributed by atoms with Crippen LogP contribution in [0, 0.1) is 20.8 Å². The van der Waals surface area contributed by atoms with Gasteiger partial charge in [0.1, 0.15) is 0 Å². The van der Waals surface area contributed by atoms with E-state index in [0.717, 1.165) is 22.8 Å². The fourth-order valence-corrected chi connectivity index (χ4v) is 1.63. The second-order valence-corrected chi connectivity index (χ2v) is 3.92. The average molecular weight is 216 g/mol.